The van der Waals surface area contributed by atoms with Crippen molar-refractivity contribution in [3.63, 3.8) is 0 Å². The smallest absolute Gasteiger partial charge is 0.178 e. The lowest BCUT2D eigenvalue weighted by molar-refractivity contribution is 0.706. The maximum atomic E-state index is 5.89. The van der Waals surface area contributed by atoms with E-state index in [4.69, 9.17) is 23.8 Å². The van der Waals surface area contributed by atoms with Gasteiger partial charge in [-0.05, 0) is 48.5 Å². The highest BCUT2D eigenvalue weighted by Gasteiger charge is 2.03. The summed E-state index contributed by atoms with van der Waals surface area (Å²) >= 11 is 11.3. The van der Waals surface area contributed by atoms with Crippen molar-refractivity contribution in [2.75, 3.05) is 0 Å². The summed E-state index contributed by atoms with van der Waals surface area (Å²) < 4.78 is 2.91. The van der Waals surface area contributed by atoms with Crippen LogP contribution in [0.5, 0.6) is 0 Å². The number of H-pyrrole nitrogens is 1. The second-order valence-corrected chi connectivity index (χ2v) is 5.30. The Hall–Kier alpha value is -1.58. The third-order valence-electron chi connectivity index (χ3n) is 3.22. The molecule has 1 N–H and O–H groups in total. The van der Waals surface area contributed by atoms with Crippen LogP contribution in [0.4, 0.5) is 0 Å². The van der Waals surface area contributed by atoms with E-state index in [9.17, 15) is 0 Å². The minimum Gasteiger partial charge on any atom is -0.331 e. The van der Waals surface area contributed by atoms with E-state index in [0.717, 1.165) is 33.8 Å². The van der Waals surface area contributed by atoms with Gasteiger partial charge in [0.2, 0.25) is 0 Å². The van der Waals surface area contributed by atoms with Crippen LogP contribution in [-0.4, -0.2) is 9.55 Å². The minimum absolute atomic E-state index is 0.771. The van der Waals surface area contributed by atoms with Gasteiger partial charge in [-0.1, -0.05) is 35.9 Å². The van der Waals surface area contributed by atoms with Crippen LogP contribution in [-0.2, 0) is 13.0 Å². The Labute approximate surface area is 121 Å². The topological polar surface area (TPSA) is 20.7 Å². The number of nitrogens with zero attached hydrogens (tertiary/aromatic N) is 1. The lowest BCUT2D eigenvalue weighted by Crippen LogP contribution is -2.01. The number of aromatic amines is 1. The van der Waals surface area contributed by atoms with Crippen LogP contribution in [0.2, 0.25) is 5.02 Å². The summed E-state index contributed by atoms with van der Waals surface area (Å²) in [6.07, 6.45) is 0.938. The van der Waals surface area contributed by atoms with Crippen molar-refractivity contribution in [3.8, 4) is 0 Å². The molecule has 2 nitrogen and oxygen atoms in total. The summed E-state index contributed by atoms with van der Waals surface area (Å²) in [6.45, 7) is 0.866. The number of imidazole rings is 1. The van der Waals surface area contributed by atoms with Crippen LogP contribution in [0, 0.1) is 4.77 Å². The number of benzene rings is 2. The first-order valence-electron chi connectivity index (χ1n) is 6.16. The predicted molar refractivity (Wildman–Crippen MR) is 82.3 cm³/mol. The zero-order valence-electron chi connectivity index (χ0n) is 10.3. The Kier molecular flexibility index (Phi) is 3.40. The number of aromatic nitrogens is 2. The molecule has 0 aliphatic rings. The van der Waals surface area contributed by atoms with Crippen LogP contribution < -0.4 is 0 Å². The molecular formula is C15H13ClN2S. The second-order valence-electron chi connectivity index (χ2n) is 4.48. The molecule has 0 bridgehead atoms. The lowest BCUT2D eigenvalue weighted by atomic mass is 10.1. The Bertz CT molecular complexity index is 756. The summed E-state index contributed by atoms with van der Waals surface area (Å²) in [5.41, 5.74) is 3.50. The van der Waals surface area contributed by atoms with Crippen LogP contribution in [0.25, 0.3) is 11.0 Å². The van der Waals surface area contributed by atoms with Gasteiger partial charge in [-0.15, -0.1) is 0 Å². The number of rotatable bonds is 3. The Morgan fingerprint density at radius 2 is 1.79 bits per heavy atom. The average molecular weight is 289 g/mol. The number of hydrogen-bond acceptors (Lipinski definition) is 1. The van der Waals surface area contributed by atoms with E-state index in [1.165, 1.54) is 5.56 Å². The fourth-order valence-electron chi connectivity index (χ4n) is 2.22. The molecule has 2 aromatic carbocycles. The van der Waals surface area contributed by atoms with Crippen molar-refractivity contribution in [1.82, 2.24) is 9.55 Å². The summed E-state index contributed by atoms with van der Waals surface area (Å²) in [4.78, 5) is 3.23. The lowest BCUT2D eigenvalue weighted by Gasteiger charge is -2.05. The molecule has 0 radical (unpaired) electrons. The molecule has 19 heavy (non-hydrogen) atoms. The summed E-state index contributed by atoms with van der Waals surface area (Å²) in [7, 11) is 0. The first-order valence-corrected chi connectivity index (χ1v) is 6.95. The molecule has 0 fully saturated rings. The molecule has 0 amide bonds. The van der Waals surface area contributed by atoms with Gasteiger partial charge in [-0.3, -0.25) is 0 Å². The molecule has 1 aromatic heterocycles. The van der Waals surface area contributed by atoms with E-state index < -0.39 is 0 Å². The molecule has 0 atom stereocenters. The van der Waals surface area contributed by atoms with Crippen molar-refractivity contribution < 1.29 is 0 Å². The van der Waals surface area contributed by atoms with Crippen molar-refractivity contribution in [2.24, 2.45) is 0 Å². The van der Waals surface area contributed by atoms with Gasteiger partial charge in [0, 0.05) is 11.6 Å². The molecule has 0 spiro atoms. The third kappa shape index (κ3) is 2.57. The van der Waals surface area contributed by atoms with E-state index >= 15 is 0 Å². The summed E-state index contributed by atoms with van der Waals surface area (Å²) in [5.74, 6) is 0. The molecule has 1 heterocycles. The van der Waals surface area contributed by atoms with E-state index in [2.05, 4.69) is 27.8 Å². The van der Waals surface area contributed by atoms with Gasteiger partial charge >= 0.3 is 0 Å². The van der Waals surface area contributed by atoms with Crippen molar-refractivity contribution >= 4 is 34.9 Å². The molecule has 0 aliphatic heterocycles. The summed E-state index contributed by atoms with van der Waals surface area (Å²) in [5, 5.41) is 0.771. The van der Waals surface area contributed by atoms with E-state index in [-0.39, 0.29) is 0 Å². The Balaban J connectivity index is 1.87. The summed E-state index contributed by atoms with van der Waals surface area (Å²) in [6, 6.07) is 16.1. The number of halogens is 1. The van der Waals surface area contributed by atoms with E-state index in [1.54, 1.807) is 0 Å². The fraction of sp³-hybridized carbons (Fsp3) is 0.133. The molecule has 3 aromatic rings. The largest absolute Gasteiger partial charge is 0.331 e. The highest BCUT2D eigenvalue weighted by atomic mass is 35.5. The highest BCUT2D eigenvalue weighted by Crippen LogP contribution is 2.15. The minimum atomic E-state index is 0.771. The van der Waals surface area contributed by atoms with E-state index in [0.29, 0.717) is 0 Å². The zero-order chi connectivity index (χ0) is 13.2. The molecule has 3 rings (SSSR count). The monoisotopic (exact) mass is 288 g/mol. The second kappa shape index (κ2) is 5.19. The normalized spacial score (nSPS) is 11.0. The number of aryl methyl sites for hydroxylation is 2. The molecule has 0 unspecified atom stereocenters. The van der Waals surface area contributed by atoms with Gasteiger partial charge in [-0.2, -0.15) is 0 Å². The molecule has 4 heteroatoms. The van der Waals surface area contributed by atoms with Crippen molar-refractivity contribution in [1.29, 1.82) is 0 Å². The van der Waals surface area contributed by atoms with Gasteiger partial charge in [0.1, 0.15) is 0 Å². The molecular weight excluding hydrogens is 276 g/mol. The standard InChI is InChI=1S/C15H13ClN2S/c16-12-7-5-11(6-8-12)9-10-18-14-4-2-1-3-13(14)17-15(18)19/h1-8H,9-10H2,(H,17,19). The average Bonchev–Trinajstić information content (AvgIpc) is 2.74. The van der Waals surface area contributed by atoms with Crippen LogP contribution in [0.3, 0.4) is 0 Å². The van der Waals surface area contributed by atoms with Gasteiger partial charge < -0.3 is 9.55 Å². The molecule has 0 saturated carbocycles. The third-order valence-corrected chi connectivity index (χ3v) is 3.79. The SMILES string of the molecule is S=c1[nH]c2ccccc2n1CCc1ccc(Cl)cc1. The van der Waals surface area contributed by atoms with E-state index in [1.807, 2.05) is 30.3 Å². The van der Waals surface area contributed by atoms with Gasteiger partial charge in [0.25, 0.3) is 0 Å². The Morgan fingerprint density at radius 1 is 1.05 bits per heavy atom. The highest BCUT2D eigenvalue weighted by molar-refractivity contribution is 7.71. The van der Waals surface area contributed by atoms with Crippen molar-refractivity contribution in [3.05, 3.63) is 63.9 Å². The molecule has 0 aliphatic carbocycles. The molecule has 0 saturated heterocycles. The number of fused-ring (bicyclic) bond motifs is 1. The predicted octanol–water partition coefficient (Wildman–Crippen LogP) is 4.59. The maximum Gasteiger partial charge on any atom is 0.178 e. The zero-order valence-corrected chi connectivity index (χ0v) is 11.8. The van der Waals surface area contributed by atoms with Gasteiger partial charge in [-0.25, -0.2) is 0 Å². The van der Waals surface area contributed by atoms with Crippen LogP contribution in [0.1, 0.15) is 5.56 Å². The quantitative estimate of drug-likeness (QED) is 0.699. The fourth-order valence-corrected chi connectivity index (χ4v) is 2.65. The number of nitrogens with one attached hydrogen (secondary N) is 1. The Morgan fingerprint density at radius 3 is 2.58 bits per heavy atom. The first kappa shape index (κ1) is 12.5. The molecule has 96 valence electrons. The van der Waals surface area contributed by atoms with Gasteiger partial charge in [0.15, 0.2) is 4.77 Å². The maximum absolute atomic E-state index is 5.89. The van der Waals surface area contributed by atoms with Crippen LogP contribution >= 0.6 is 23.8 Å². The number of hydrogen-bond donors (Lipinski definition) is 1. The first-order chi connectivity index (χ1) is 9.24. The van der Waals surface area contributed by atoms with Crippen LogP contribution in [0.15, 0.2) is 48.5 Å². The number of para-hydroxylation sites is 2. The van der Waals surface area contributed by atoms with Gasteiger partial charge in [0.05, 0.1) is 11.0 Å². The van der Waals surface area contributed by atoms with Crippen molar-refractivity contribution in [2.45, 2.75) is 13.0 Å².